The van der Waals surface area contributed by atoms with E-state index in [0.29, 0.717) is 16.9 Å². The van der Waals surface area contributed by atoms with Gasteiger partial charge in [0.15, 0.2) is 0 Å². The smallest absolute Gasteiger partial charge is 0.249 e. The van der Waals surface area contributed by atoms with Gasteiger partial charge in [-0.1, -0.05) is 23.2 Å². The standard InChI is InChI=1S/C14H8N2O2/c15-14(17)13-8-4-2-6-11(13)5-1-3-7-12-9-10-16-18-12/h2,4,6,8-10H,(H2,15,17). The van der Waals surface area contributed by atoms with Crippen LogP contribution in [0.15, 0.2) is 41.1 Å². The zero-order valence-corrected chi connectivity index (χ0v) is 9.31. The summed E-state index contributed by atoms with van der Waals surface area (Å²) in [5.41, 5.74) is 6.16. The first kappa shape index (κ1) is 11.5. The third-order valence-corrected chi connectivity index (χ3v) is 2.08. The predicted molar refractivity (Wildman–Crippen MR) is 65.2 cm³/mol. The van der Waals surface area contributed by atoms with Crippen LogP contribution >= 0.6 is 0 Å². The van der Waals surface area contributed by atoms with Crippen LogP contribution in [0.25, 0.3) is 0 Å². The lowest BCUT2D eigenvalue weighted by Crippen LogP contribution is -2.12. The van der Waals surface area contributed by atoms with E-state index in [4.69, 9.17) is 10.3 Å². The van der Waals surface area contributed by atoms with Crippen molar-refractivity contribution in [2.75, 3.05) is 0 Å². The first-order valence-electron chi connectivity index (χ1n) is 5.09. The number of amides is 1. The molecule has 0 saturated carbocycles. The highest BCUT2D eigenvalue weighted by Crippen LogP contribution is 2.05. The Kier molecular flexibility index (Phi) is 3.44. The van der Waals surface area contributed by atoms with Crippen LogP contribution in [0, 0.1) is 23.7 Å². The minimum Gasteiger partial charge on any atom is -0.366 e. The summed E-state index contributed by atoms with van der Waals surface area (Å²) in [5, 5.41) is 3.51. The number of benzene rings is 1. The van der Waals surface area contributed by atoms with E-state index in [1.807, 2.05) is 0 Å². The Balaban J connectivity index is 2.23. The maximum absolute atomic E-state index is 11.1. The maximum atomic E-state index is 11.1. The van der Waals surface area contributed by atoms with Gasteiger partial charge in [-0.15, -0.1) is 0 Å². The van der Waals surface area contributed by atoms with Gasteiger partial charge < -0.3 is 10.3 Å². The number of hydrogen-bond donors (Lipinski definition) is 1. The van der Waals surface area contributed by atoms with Gasteiger partial charge in [0, 0.05) is 11.6 Å². The van der Waals surface area contributed by atoms with Crippen molar-refractivity contribution >= 4 is 5.91 Å². The lowest BCUT2D eigenvalue weighted by molar-refractivity contribution is 0.1000. The summed E-state index contributed by atoms with van der Waals surface area (Å²) in [5.74, 6) is 10.6. The fraction of sp³-hybridized carbons (Fsp3) is 0. The number of nitrogens with two attached hydrogens (primary N) is 1. The third kappa shape index (κ3) is 2.78. The first-order valence-corrected chi connectivity index (χ1v) is 5.09. The second kappa shape index (κ2) is 5.38. The Morgan fingerprint density at radius 1 is 1.17 bits per heavy atom. The summed E-state index contributed by atoms with van der Waals surface area (Å²) in [7, 11) is 0. The van der Waals surface area contributed by atoms with E-state index in [2.05, 4.69) is 28.8 Å². The van der Waals surface area contributed by atoms with Gasteiger partial charge in [-0.05, 0) is 29.9 Å². The number of primary amides is 1. The zero-order chi connectivity index (χ0) is 12.8. The SMILES string of the molecule is NC(=O)c1ccccc1C#CC#Cc1ccno1. The van der Waals surface area contributed by atoms with Gasteiger partial charge in [-0.25, -0.2) is 0 Å². The van der Waals surface area contributed by atoms with Gasteiger partial charge in [0.05, 0.1) is 11.8 Å². The van der Waals surface area contributed by atoms with Crippen LogP contribution in [-0.2, 0) is 0 Å². The van der Waals surface area contributed by atoms with E-state index in [0.717, 1.165) is 0 Å². The molecule has 0 radical (unpaired) electrons. The average molecular weight is 236 g/mol. The Labute approximate surface area is 104 Å². The van der Waals surface area contributed by atoms with Crippen LogP contribution in [0.5, 0.6) is 0 Å². The molecule has 86 valence electrons. The topological polar surface area (TPSA) is 69.1 Å². The second-order valence-corrected chi connectivity index (χ2v) is 3.29. The Bertz CT molecular complexity index is 680. The molecule has 0 unspecified atom stereocenters. The van der Waals surface area contributed by atoms with Crippen molar-refractivity contribution in [3.63, 3.8) is 0 Å². The molecule has 0 aliphatic carbocycles. The molecular weight excluding hydrogens is 228 g/mol. The van der Waals surface area contributed by atoms with Gasteiger partial charge in [0.1, 0.15) is 0 Å². The van der Waals surface area contributed by atoms with Crippen LogP contribution in [0.3, 0.4) is 0 Å². The zero-order valence-electron chi connectivity index (χ0n) is 9.31. The fourth-order valence-corrected chi connectivity index (χ4v) is 1.28. The van der Waals surface area contributed by atoms with Crippen molar-refractivity contribution in [2.45, 2.75) is 0 Å². The first-order chi connectivity index (χ1) is 8.77. The highest BCUT2D eigenvalue weighted by Gasteiger charge is 2.03. The lowest BCUT2D eigenvalue weighted by atomic mass is 10.1. The van der Waals surface area contributed by atoms with Crippen LogP contribution < -0.4 is 5.73 Å². The maximum Gasteiger partial charge on any atom is 0.249 e. The molecular formula is C14H8N2O2. The van der Waals surface area contributed by atoms with Gasteiger partial charge in [0.2, 0.25) is 11.7 Å². The quantitative estimate of drug-likeness (QED) is 0.756. The van der Waals surface area contributed by atoms with Crippen molar-refractivity contribution in [3.05, 3.63) is 53.4 Å². The van der Waals surface area contributed by atoms with E-state index >= 15 is 0 Å². The van der Waals surface area contributed by atoms with Crippen molar-refractivity contribution in [1.29, 1.82) is 0 Å². The molecule has 0 spiro atoms. The van der Waals surface area contributed by atoms with Crippen LogP contribution in [0.2, 0.25) is 0 Å². The molecule has 0 fully saturated rings. The van der Waals surface area contributed by atoms with E-state index in [1.165, 1.54) is 6.20 Å². The lowest BCUT2D eigenvalue weighted by Gasteiger charge is -1.97. The van der Waals surface area contributed by atoms with Crippen molar-refractivity contribution < 1.29 is 9.32 Å². The molecule has 0 bridgehead atoms. The molecule has 1 amide bonds. The van der Waals surface area contributed by atoms with Crippen LogP contribution in [-0.4, -0.2) is 11.1 Å². The van der Waals surface area contributed by atoms with Crippen LogP contribution in [0.1, 0.15) is 21.7 Å². The molecule has 18 heavy (non-hydrogen) atoms. The molecule has 2 aromatic rings. The molecule has 4 heteroatoms. The summed E-state index contributed by atoms with van der Waals surface area (Å²) in [6, 6.07) is 8.47. The number of hydrogen-bond acceptors (Lipinski definition) is 3. The average Bonchev–Trinajstić information content (AvgIpc) is 2.88. The van der Waals surface area contributed by atoms with Gasteiger partial charge in [0.25, 0.3) is 0 Å². The normalized spacial score (nSPS) is 8.67. The largest absolute Gasteiger partial charge is 0.366 e. The molecule has 1 aromatic heterocycles. The molecule has 0 atom stereocenters. The van der Waals surface area contributed by atoms with Gasteiger partial charge in [-0.3, -0.25) is 4.79 Å². The second-order valence-electron chi connectivity index (χ2n) is 3.29. The molecule has 4 nitrogen and oxygen atoms in total. The Hall–Kier alpha value is -2.98. The molecule has 2 N–H and O–H groups in total. The minimum atomic E-state index is -0.511. The van der Waals surface area contributed by atoms with E-state index in [9.17, 15) is 4.79 Å². The highest BCUT2D eigenvalue weighted by molar-refractivity contribution is 5.95. The van der Waals surface area contributed by atoms with Crippen molar-refractivity contribution in [1.82, 2.24) is 5.16 Å². The Morgan fingerprint density at radius 2 is 1.94 bits per heavy atom. The highest BCUT2D eigenvalue weighted by atomic mass is 16.5. The summed E-state index contributed by atoms with van der Waals surface area (Å²) in [6.45, 7) is 0. The summed E-state index contributed by atoms with van der Waals surface area (Å²) >= 11 is 0. The molecule has 0 saturated heterocycles. The minimum absolute atomic E-state index is 0.381. The third-order valence-electron chi connectivity index (χ3n) is 2.08. The van der Waals surface area contributed by atoms with E-state index in [1.54, 1.807) is 30.3 Å². The fourth-order valence-electron chi connectivity index (χ4n) is 1.28. The number of aromatic nitrogens is 1. The predicted octanol–water partition coefficient (Wildman–Crippen LogP) is 1.18. The van der Waals surface area contributed by atoms with E-state index < -0.39 is 5.91 Å². The summed E-state index contributed by atoms with van der Waals surface area (Å²) in [6.07, 6.45) is 1.50. The van der Waals surface area contributed by atoms with Gasteiger partial charge >= 0.3 is 0 Å². The number of carbonyl (C=O) groups excluding carboxylic acids is 1. The molecule has 2 rings (SSSR count). The number of carbonyl (C=O) groups is 1. The summed E-state index contributed by atoms with van der Waals surface area (Å²) in [4.78, 5) is 11.1. The molecule has 1 aromatic carbocycles. The Morgan fingerprint density at radius 3 is 2.67 bits per heavy atom. The van der Waals surface area contributed by atoms with Crippen molar-refractivity contribution in [2.24, 2.45) is 5.73 Å². The monoisotopic (exact) mass is 236 g/mol. The molecule has 0 aliphatic heterocycles. The van der Waals surface area contributed by atoms with E-state index in [-0.39, 0.29) is 0 Å². The van der Waals surface area contributed by atoms with Crippen molar-refractivity contribution in [3.8, 4) is 23.7 Å². The summed E-state index contributed by atoms with van der Waals surface area (Å²) < 4.78 is 4.78. The van der Waals surface area contributed by atoms with Crippen LogP contribution in [0.4, 0.5) is 0 Å². The molecule has 1 heterocycles. The van der Waals surface area contributed by atoms with Gasteiger partial charge in [-0.2, -0.15) is 0 Å². The number of rotatable bonds is 1. The molecule has 0 aliphatic rings. The number of nitrogens with zero attached hydrogens (tertiary/aromatic N) is 1.